The van der Waals surface area contributed by atoms with Crippen LogP contribution in [-0.2, 0) is 4.74 Å². The number of piperidine rings is 1. The van der Waals surface area contributed by atoms with E-state index in [0.717, 1.165) is 25.1 Å². The molecule has 122 valence electrons. The van der Waals surface area contributed by atoms with Crippen LogP contribution in [0, 0.1) is 0 Å². The molecule has 1 saturated heterocycles. The zero-order valence-corrected chi connectivity index (χ0v) is 13.8. The van der Waals surface area contributed by atoms with Crippen molar-refractivity contribution in [2.45, 2.75) is 51.3 Å². The summed E-state index contributed by atoms with van der Waals surface area (Å²) in [6, 6.07) is 8.41. The van der Waals surface area contributed by atoms with Crippen LogP contribution in [0.5, 0.6) is 5.75 Å². The van der Waals surface area contributed by atoms with Crippen LogP contribution in [-0.4, -0.2) is 31.4 Å². The number of alkyl carbamates (subject to hydrolysis) is 1. The summed E-state index contributed by atoms with van der Waals surface area (Å²) in [6.45, 7) is 6.48. The van der Waals surface area contributed by atoms with Crippen LogP contribution in [0.2, 0.25) is 0 Å². The predicted octanol–water partition coefficient (Wildman–Crippen LogP) is 3.01. The van der Waals surface area contributed by atoms with Gasteiger partial charge in [-0.15, -0.1) is 0 Å². The number of carbonyl (C=O) groups excluding carboxylic acids is 1. The second-order valence-electron chi connectivity index (χ2n) is 6.65. The van der Waals surface area contributed by atoms with Crippen molar-refractivity contribution < 1.29 is 14.3 Å². The second kappa shape index (κ2) is 7.01. The molecule has 2 rings (SSSR count). The van der Waals surface area contributed by atoms with Gasteiger partial charge in [-0.3, -0.25) is 0 Å². The SMILES string of the molecule is COc1ccc(C2CC(NC(=O)OC(C)(C)C)CCN2)cc1. The first-order chi connectivity index (χ1) is 10.4. The Balaban J connectivity index is 1.92. The molecule has 22 heavy (non-hydrogen) atoms. The highest BCUT2D eigenvalue weighted by Gasteiger charge is 2.25. The van der Waals surface area contributed by atoms with Crippen molar-refractivity contribution in [3.8, 4) is 5.75 Å². The molecule has 0 aromatic heterocycles. The van der Waals surface area contributed by atoms with Crippen LogP contribution in [0.4, 0.5) is 4.79 Å². The largest absolute Gasteiger partial charge is 0.497 e. The lowest BCUT2D eigenvalue weighted by atomic mass is 9.94. The summed E-state index contributed by atoms with van der Waals surface area (Å²) in [5, 5.41) is 6.46. The van der Waals surface area contributed by atoms with Crippen LogP contribution in [0.15, 0.2) is 24.3 Å². The molecule has 1 aliphatic heterocycles. The summed E-state index contributed by atoms with van der Waals surface area (Å²) >= 11 is 0. The number of methoxy groups -OCH3 is 1. The van der Waals surface area contributed by atoms with Crippen molar-refractivity contribution in [3.63, 3.8) is 0 Å². The molecule has 1 aliphatic rings. The fraction of sp³-hybridized carbons (Fsp3) is 0.588. The van der Waals surface area contributed by atoms with Gasteiger partial charge in [-0.2, -0.15) is 0 Å². The van der Waals surface area contributed by atoms with E-state index in [1.807, 2.05) is 32.9 Å². The Morgan fingerprint density at radius 3 is 2.55 bits per heavy atom. The van der Waals surface area contributed by atoms with Crippen LogP contribution in [0.1, 0.15) is 45.2 Å². The molecule has 1 fully saturated rings. The van der Waals surface area contributed by atoms with Crippen molar-refractivity contribution in [3.05, 3.63) is 29.8 Å². The van der Waals surface area contributed by atoms with Crippen molar-refractivity contribution in [1.29, 1.82) is 0 Å². The molecule has 0 bridgehead atoms. The molecule has 0 spiro atoms. The van der Waals surface area contributed by atoms with Gasteiger partial charge in [-0.25, -0.2) is 4.79 Å². The van der Waals surface area contributed by atoms with Crippen LogP contribution >= 0.6 is 0 Å². The zero-order chi connectivity index (χ0) is 16.2. The lowest BCUT2D eigenvalue weighted by molar-refractivity contribution is 0.0490. The van der Waals surface area contributed by atoms with E-state index in [9.17, 15) is 4.79 Å². The van der Waals surface area contributed by atoms with E-state index in [2.05, 4.69) is 22.8 Å². The molecular weight excluding hydrogens is 280 g/mol. The number of amides is 1. The molecule has 0 aliphatic carbocycles. The Bertz CT molecular complexity index is 494. The normalized spacial score (nSPS) is 22.0. The summed E-state index contributed by atoms with van der Waals surface area (Å²) in [4.78, 5) is 11.9. The zero-order valence-electron chi connectivity index (χ0n) is 13.8. The highest BCUT2D eigenvalue weighted by molar-refractivity contribution is 5.68. The quantitative estimate of drug-likeness (QED) is 0.901. The minimum Gasteiger partial charge on any atom is -0.497 e. The number of rotatable bonds is 3. The van der Waals surface area contributed by atoms with Crippen LogP contribution in [0.25, 0.3) is 0 Å². The standard InChI is InChI=1S/C17H26N2O3/c1-17(2,3)22-16(20)19-13-9-10-18-15(11-13)12-5-7-14(21-4)8-6-12/h5-8,13,15,18H,9-11H2,1-4H3,(H,19,20). The molecule has 5 nitrogen and oxygen atoms in total. The number of carbonyl (C=O) groups is 1. The van der Waals surface area contributed by atoms with E-state index >= 15 is 0 Å². The highest BCUT2D eigenvalue weighted by atomic mass is 16.6. The molecule has 5 heteroatoms. The minimum absolute atomic E-state index is 0.128. The van der Waals surface area contributed by atoms with Gasteiger partial charge in [0.05, 0.1) is 7.11 Å². The van der Waals surface area contributed by atoms with Gasteiger partial charge in [-0.05, 0) is 57.9 Å². The van der Waals surface area contributed by atoms with Crippen molar-refractivity contribution in [2.24, 2.45) is 0 Å². The first-order valence-electron chi connectivity index (χ1n) is 7.74. The van der Waals surface area contributed by atoms with Gasteiger partial charge in [0, 0.05) is 12.1 Å². The van der Waals surface area contributed by atoms with E-state index in [1.165, 1.54) is 5.56 Å². The van der Waals surface area contributed by atoms with Gasteiger partial charge >= 0.3 is 6.09 Å². The topological polar surface area (TPSA) is 59.6 Å². The maximum atomic E-state index is 11.9. The van der Waals surface area contributed by atoms with E-state index in [-0.39, 0.29) is 18.2 Å². The molecule has 0 saturated carbocycles. The molecule has 2 unspecified atom stereocenters. The minimum atomic E-state index is -0.466. The lowest BCUT2D eigenvalue weighted by Crippen LogP contribution is -2.45. The summed E-state index contributed by atoms with van der Waals surface area (Å²) in [6.07, 6.45) is 1.42. The Hall–Kier alpha value is -1.75. The van der Waals surface area contributed by atoms with E-state index in [4.69, 9.17) is 9.47 Å². The maximum absolute atomic E-state index is 11.9. The Morgan fingerprint density at radius 2 is 1.95 bits per heavy atom. The maximum Gasteiger partial charge on any atom is 0.407 e. The fourth-order valence-electron chi connectivity index (χ4n) is 2.61. The van der Waals surface area contributed by atoms with Gasteiger partial charge in [-0.1, -0.05) is 12.1 Å². The Kier molecular flexibility index (Phi) is 5.29. The van der Waals surface area contributed by atoms with E-state index in [1.54, 1.807) is 7.11 Å². The third-order valence-electron chi connectivity index (χ3n) is 3.64. The van der Waals surface area contributed by atoms with Gasteiger partial charge in [0.15, 0.2) is 0 Å². The predicted molar refractivity (Wildman–Crippen MR) is 86.1 cm³/mol. The number of hydrogen-bond donors (Lipinski definition) is 2. The molecule has 2 N–H and O–H groups in total. The number of ether oxygens (including phenoxy) is 2. The molecular formula is C17H26N2O3. The summed E-state index contributed by atoms with van der Waals surface area (Å²) < 4.78 is 10.5. The molecule has 1 aromatic carbocycles. The molecule has 0 radical (unpaired) electrons. The van der Waals surface area contributed by atoms with Gasteiger partial charge in [0.25, 0.3) is 0 Å². The highest BCUT2D eigenvalue weighted by Crippen LogP contribution is 2.25. The molecule has 1 amide bonds. The monoisotopic (exact) mass is 306 g/mol. The fourth-order valence-corrected chi connectivity index (χ4v) is 2.61. The van der Waals surface area contributed by atoms with Gasteiger partial charge in [0.2, 0.25) is 0 Å². The van der Waals surface area contributed by atoms with Crippen LogP contribution in [0.3, 0.4) is 0 Å². The summed E-state index contributed by atoms with van der Waals surface area (Å²) in [5.74, 6) is 0.850. The van der Waals surface area contributed by atoms with Crippen LogP contribution < -0.4 is 15.4 Å². The van der Waals surface area contributed by atoms with Crippen molar-refractivity contribution in [1.82, 2.24) is 10.6 Å². The third-order valence-corrected chi connectivity index (χ3v) is 3.64. The number of hydrogen-bond acceptors (Lipinski definition) is 4. The van der Waals surface area contributed by atoms with Crippen molar-refractivity contribution in [2.75, 3.05) is 13.7 Å². The average molecular weight is 306 g/mol. The first kappa shape index (κ1) is 16.6. The van der Waals surface area contributed by atoms with Gasteiger partial charge in [0.1, 0.15) is 11.4 Å². The molecule has 1 heterocycles. The van der Waals surface area contributed by atoms with Crippen molar-refractivity contribution >= 4 is 6.09 Å². The smallest absolute Gasteiger partial charge is 0.407 e. The number of benzene rings is 1. The number of nitrogens with one attached hydrogen (secondary N) is 2. The third kappa shape index (κ3) is 4.91. The summed E-state index contributed by atoms with van der Waals surface area (Å²) in [5.41, 5.74) is 0.739. The average Bonchev–Trinajstić information content (AvgIpc) is 2.45. The van der Waals surface area contributed by atoms with E-state index in [0.29, 0.717) is 0 Å². The lowest BCUT2D eigenvalue weighted by Gasteiger charge is -2.32. The van der Waals surface area contributed by atoms with E-state index < -0.39 is 5.60 Å². The second-order valence-corrected chi connectivity index (χ2v) is 6.65. The molecule has 1 aromatic rings. The van der Waals surface area contributed by atoms with Gasteiger partial charge < -0.3 is 20.1 Å². The molecule has 2 atom stereocenters. The first-order valence-corrected chi connectivity index (χ1v) is 7.74. The Morgan fingerprint density at radius 1 is 1.27 bits per heavy atom. The Labute approximate surface area is 132 Å². The summed E-state index contributed by atoms with van der Waals surface area (Å²) in [7, 11) is 1.66.